The van der Waals surface area contributed by atoms with Crippen LogP contribution in [0.25, 0.3) is 83.6 Å². The van der Waals surface area contributed by atoms with Gasteiger partial charge in [-0.2, -0.15) is 9.97 Å². The van der Waals surface area contributed by atoms with E-state index in [4.69, 9.17) is 19.4 Å². The van der Waals surface area contributed by atoms with Crippen molar-refractivity contribution in [3.05, 3.63) is 146 Å². The van der Waals surface area contributed by atoms with Gasteiger partial charge in [-0.15, -0.1) is 0 Å². The molecule has 0 amide bonds. The summed E-state index contributed by atoms with van der Waals surface area (Å²) in [7, 11) is 0. The molecule has 0 aliphatic carbocycles. The number of benzene rings is 6. The molecule has 5 nitrogen and oxygen atoms in total. The van der Waals surface area contributed by atoms with Crippen LogP contribution in [-0.4, -0.2) is 19.5 Å². The van der Waals surface area contributed by atoms with Crippen molar-refractivity contribution in [3.63, 3.8) is 0 Å². The third-order valence-electron chi connectivity index (χ3n) is 8.27. The van der Waals surface area contributed by atoms with Gasteiger partial charge in [-0.25, -0.2) is 4.98 Å². The number of para-hydroxylation sites is 1. The number of hydrogen-bond donors (Lipinski definition) is 0. The first-order valence-corrected chi connectivity index (χ1v) is 14.6. The lowest BCUT2D eigenvalue weighted by Gasteiger charge is -2.11. The van der Waals surface area contributed by atoms with Crippen molar-refractivity contribution in [2.75, 3.05) is 0 Å². The van der Waals surface area contributed by atoms with Gasteiger partial charge in [0, 0.05) is 32.7 Å². The monoisotopic (exact) mass is 564 g/mol. The molecule has 5 heteroatoms. The number of hydrogen-bond acceptors (Lipinski definition) is 4. The average Bonchev–Trinajstić information content (AvgIpc) is 3.65. The minimum Gasteiger partial charge on any atom is -0.454 e. The van der Waals surface area contributed by atoms with Gasteiger partial charge in [-0.3, -0.25) is 4.57 Å². The highest BCUT2D eigenvalue weighted by atomic mass is 16.3. The van der Waals surface area contributed by atoms with Crippen LogP contribution in [0, 0.1) is 0 Å². The van der Waals surface area contributed by atoms with E-state index in [-0.39, 0.29) is 0 Å². The summed E-state index contributed by atoms with van der Waals surface area (Å²) < 4.78 is 8.89. The lowest BCUT2D eigenvalue weighted by Crippen LogP contribution is -2.06. The van der Waals surface area contributed by atoms with Gasteiger partial charge in [0.25, 0.3) is 0 Å². The second kappa shape index (κ2) is 9.75. The van der Waals surface area contributed by atoms with Crippen LogP contribution in [0.4, 0.5) is 0 Å². The van der Waals surface area contributed by atoms with E-state index in [9.17, 15) is 0 Å². The summed E-state index contributed by atoms with van der Waals surface area (Å²) in [5.41, 5.74) is 7.72. The van der Waals surface area contributed by atoms with Crippen molar-refractivity contribution in [2.24, 2.45) is 0 Å². The first kappa shape index (κ1) is 24.5. The van der Waals surface area contributed by atoms with Gasteiger partial charge in [0.05, 0.1) is 5.52 Å². The molecule has 3 heterocycles. The molecule has 0 atom stereocenters. The Hall–Kier alpha value is -6.07. The zero-order chi connectivity index (χ0) is 29.0. The van der Waals surface area contributed by atoms with E-state index in [2.05, 4.69) is 83.4 Å². The van der Waals surface area contributed by atoms with E-state index < -0.39 is 0 Å². The Morgan fingerprint density at radius 3 is 1.68 bits per heavy atom. The van der Waals surface area contributed by atoms with E-state index in [1.54, 1.807) is 0 Å². The summed E-state index contributed by atoms with van der Waals surface area (Å²) in [6, 6.07) is 49.7. The highest BCUT2D eigenvalue weighted by Gasteiger charge is 2.22. The smallest absolute Gasteiger partial charge is 0.238 e. The Morgan fingerprint density at radius 2 is 1.00 bits per heavy atom. The van der Waals surface area contributed by atoms with Gasteiger partial charge in [0.15, 0.2) is 17.2 Å². The number of fused-ring (bicyclic) bond motifs is 7. The quantitative estimate of drug-likeness (QED) is 0.213. The van der Waals surface area contributed by atoms with Crippen LogP contribution in [0.1, 0.15) is 0 Å². The van der Waals surface area contributed by atoms with Crippen molar-refractivity contribution in [3.8, 4) is 39.9 Å². The van der Waals surface area contributed by atoms with Crippen molar-refractivity contribution in [1.82, 2.24) is 19.5 Å². The largest absolute Gasteiger partial charge is 0.454 e. The normalized spacial score (nSPS) is 11.6. The predicted molar refractivity (Wildman–Crippen MR) is 178 cm³/mol. The molecule has 0 radical (unpaired) electrons. The SMILES string of the molecule is c1ccc(-c2ccc3c(c2)oc2c3ccc3c4ccccc4n(-c4nc(-c5ccccc5)nc(-c5ccccc5)n4)c32)cc1. The van der Waals surface area contributed by atoms with Crippen LogP contribution in [0.15, 0.2) is 150 Å². The van der Waals surface area contributed by atoms with E-state index in [0.717, 1.165) is 66.0 Å². The highest BCUT2D eigenvalue weighted by molar-refractivity contribution is 6.21. The number of aromatic nitrogens is 4. The summed E-state index contributed by atoms with van der Waals surface area (Å²) in [5.74, 6) is 1.77. The molecule has 0 spiro atoms. The van der Waals surface area contributed by atoms with Crippen molar-refractivity contribution in [1.29, 1.82) is 0 Å². The van der Waals surface area contributed by atoms with E-state index in [1.807, 2.05) is 66.7 Å². The molecular weight excluding hydrogens is 540 g/mol. The lowest BCUT2D eigenvalue weighted by atomic mass is 10.0. The van der Waals surface area contributed by atoms with Crippen LogP contribution in [0.2, 0.25) is 0 Å². The van der Waals surface area contributed by atoms with Gasteiger partial charge in [-0.1, -0.05) is 121 Å². The first-order valence-electron chi connectivity index (χ1n) is 14.6. The van der Waals surface area contributed by atoms with Crippen molar-refractivity contribution >= 4 is 43.7 Å². The second-order valence-electron chi connectivity index (χ2n) is 10.9. The van der Waals surface area contributed by atoms with Crippen LogP contribution in [0.5, 0.6) is 0 Å². The number of furan rings is 1. The molecule has 3 aromatic heterocycles. The van der Waals surface area contributed by atoms with Gasteiger partial charge in [0.2, 0.25) is 5.95 Å². The van der Waals surface area contributed by atoms with Gasteiger partial charge >= 0.3 is 0 Å². The Labute approximate surface area is 252 Å². The van der Waals surface area contributed by atoms with E-state index >= 15 is 0 Å². The Balaban J connectivity index is 1.37. The fourth-order valence-electron chi connectivity index (χ4n) is 6.20. The van der Waals surface area contributed by atoms with Crippen LogP contribution in [0.3, 0.4) is 0 Å². The fraction of sp³-hybridized carbons (Fsp3) is 0. The molecule has 9 rings (SSSR count). The van der Waals surface area contributed by atoms with E-state index in [1.165, 1.54) is 0 Å². The van der Waals surface area contributed by atoms with Crippen LogP contribution in [-0.2, 0) is 0 Å². The maximum Gasteiger partial charge on any atom is 0.238 e. The molecule has 9 aromatic rings. The molecule has 0 unspecified atom stereocenters. The number of rotatable bonds is 4. The first-order chi connectivity index (χ1) is 21.8. The molecule has 0 saturated heterocycles. The molecule has 0 fully saturated rings. The summed E-state index contributed by atoms with van der Waals surface area (Å²) in [6.07, 6.45) is 0. The van der Waals surface area contributed by atoms with Gasteiger partial charge in [0.1, 0.15) is 11.1 Å². The molecule has 0 saturated carbocycles. The maximum atomic E-state index is 6.76. The Kier molecular flexibility index (Phi) is 5.43. The second-order valence-corrected chi connectivity index (χ2v) is 10.9. The van der Waals surface area contributed by atoms with Crippen molar-refractivity contribution in [2.45, 2.75) is 0 Å². The third-order valence-corrected chi connectivity index (χ3v) is 8.27. The molecule has 206 valence electrons. The molecule has 0 N–H and O–H groups in total. The molecule has 44 heavy (non-hydrogen) atoms. The zero-order valence-electron chi connectivity index (χ0n) is 23.6. The molecule has 0 aliphatic heterocycles. The topological polar surface area (TPSA) is 56.7 Å². The van der Waals surface area contributed by atoms with Crippen LogP contribution < -0.4 is 0 Å². The highest BCUT2D eigenvalue weighted by Crippen LogP contribution is 2.41. The fourth-order valence-corrected chi connectivity index (χ4v) is 6.20. The molecule has 0 aliphatic rings. The van der Waals surface area contributed by atoms with Crippen molar-refractivity contribution < 1.29 is 4.42 Å². The van der Waals surface area contributed by atoms with Gasteiger partial charge in [-0.05, 0) is 35.4 Å². The Bertz CT molecular complexity index is 2420. The Morgan fingerprint density at radius 1 is 0.432 bits per heavy atom. The summed E-state index contributed by atoms with van der Waals surface area (Å²) in [6.45, 7) is 0. The standard InChI is InChI=1S/C39H24N4O/c1-4-12-25(13-5-1)28-20-21-30-32-23-22-31-29-18-10-11-19-33(29)43(35(31)36(32)44-34(30)24-28)39-41-37(26-14-6-2-7-15-26)40-38(42-39)27-16-8-3-9-17-27/h1-24H. The average molecular weight is 565 g/mol. The van der Waals surface area contributed by atoms with Gasteiger partial charge < -0.3 is 4.42 Å². The zero-order valence-corrected chi connectivity index (χ0v) is 23.6. The van der Waals surface area contributed by atoms with E-state index in [0.29, 0.717) is 17.6 Å². The predicted octanol–water partition coefficient (Wildman–Crippen LogP) is 9.87. The lowest BCUT2D eigenvalue weighted by molar-refractivity contribution is 0.671. The molecule has 6 aromatic carbocycles. The summed E-state index contributed by atoms with van der Waals surface area (Å²) in [4.78, 5) is 15.1. The number of nitrogens with zero attached hydrogens (tertiary/aromatic N) is 4. The summed E-state index contributed by atoms with van der Waals surface area (Å²) in [5, 5.41) is 4.32. The molecular formula is C39H24N4O. The minimum atomic E-state index is 0.543. The molecule has 0 bridgehead atoms. The van der Waals surface area contributed by atoms with Crippen LogP contribution >= 0.6 is 0 Å². The summed E-state index contributed by atoms with van der Waals surface area (Å²) >= 11 is 0. The third kappa shape index (κ3) is 3.83. The maximum absolute atomic E-state index is 6.76. The minimum absolute atomic E-state index is 0.543.